The number of urea groups is 1. The molecule has 25 heavy (non-hydrogen) atoms. The summed E-state index contributed by atoms with van der Waals surface area (Å²) < 4.78 is 5.50. The van der Waals surface area contributed by atoms with E-state index in [1.54, 1.807) is 6.26 Å². The lowest BCUT2D eigenvalue weighted by Gasteiger charge is -2.42. The van der Waals surface area contributed by atoms with Crippen LogP contribution < -0.4 is 5.32 Å². The number of carbonyl (C=O) groups is 3. The van der Waals surface area contributed by atoms with Gasteiger partial charge in [-0.1, -0.05) is 0 Å². The Morgan fingerprint density at radius 3 is 2.20 bits per heavy atom. The van der Waals surface area contributed by atoms with Gasteiger partial charge in [-0.15, -0.1) is 11.8 Å². The highest BCUT2D eigenvalue weighted by molar-refractivity contribution is 7.99. The molecule has 5 atom stereocenters. The number of nitrogens with one attached hydrogen (secondary N) is 1. The molecule has 10 nitrogen and oxygen atoms in total. The minimum Gasteiger partial charge on any atom is -0.394 e. The third-order valence-electron chi connectivity index (χ3n) is 4.18. The maximum atomic E-state index is 12.1. The number of thioether (sulfide) groups is 1. The zero-order valence-electron chi connectivity index (χ0n) is 13.9. The van der Waals surface area contributed by atoms with Crippen molar-refractivity contribution in [1.29, 1.82) is 0 Å². The van der Waals surface area contributed by atoms with Crippen molar-refractivity contribution in [3.8, 4) is 0 Å². The van der Waals surface area contributed by atoms with Crippen LogP contribution in [0.2, 0.25) is 0 Å². The van der Waals surface area contributed by atoms with Gasteiger partial charge in [-0.2, -0.15) is 0 Å². The first kappa shape index (κ1) is 19.7. The van der Waals surface area contributed by atoms with Gasteiger partial charge in [0.25, 0.3) is 11.8 Å². The Morgan fingerprint density at radius 1 is 1.16 bits per heavy atom. The van der Waals surface area contributed by atoms with Gasteiger partial charge in [-0.25, -0.2) is 4.79 Å². The molecule has 0 radical (unpaired) electrons. The van der Waals surface area contributed by atoms with Crippen molar-refractivity contribution in [1.82, 2.24) is 15.1 Å². The molecule has 0 bridgehead atoms. The van der Waals surface area contributed by atoms with Gasteiger partial charge < -0.3 is 25.4 Å². The van der Waals surface area contributed by atoms with Crippen LogP contribution in [0.15, 0.2) is 11.8 Å². The molecule has 4 N–H and O–H groups in total. The first-order chi connectivity index (χ1) is 11.7. The average Bonchev–Trinajstić information content (AvgIpc) is 2.61. The standard InChI is InChI=1S/C14H21N3O7S/c1-16-11(21)6(12(22)17(2)14(16)23)4-15-8-10(20)9(19)7(5-18)24-13(8)25-3/h4,7-10,13,15,18-20H,5H2,1-3H3/t7-,8+,9-,10-,13+/m1/s1. The summed E-state index contributed by atoms with van der Waals surface area (Å²) >= 11 is 1.23. The molecule has 2 aliphatic heterocycles. The Hall–Kier alpha value is -1.66. The summed E-state index contributed by atoms with van der Waals surface area (Å²) in [5.41, 5.74) is -0.922. The molecule has 0 aromatic carbocycles. The summed E-state index contributed by atoms with van der Waals surface area (Å²) in [6, 6.07) is -1.58. The lowest BCUT2D eigenvalue weighted by molar-refractivity contribution is -0.169. The van der Waals surface area contributed by atoms with E-state index in [2.05, 4.69) is 5.32 Å². The molecule has 4 amide bonds. The Labute approximate surface area is 148 Å². The van der Waals surface area contributed by atoms with E-state index in [1.165, 1.54) is 25.9 Å². The van der Waals surface area contributed by atoms with Crippen LogP contribution in [0.5, 0.6) is 0 Å². The predicted octanol–water partition coefficient (Wildman–Crippen LogP) is -2.32. The smallest absolute Gasteiger partial charge is 0.333 e. The molecule has 0 unspecified atom stereocenters. The third-order valence-corrected chi connectivity index (χ3v) is 5.05. The molecule has 0 aromatic rings. The molecule has 11 heteroatoms. The largest absolute Gasteiger partial charge is 0.394 e. The van der Waals surface area contributed by atoms with E-state index in [0.717, 1.165) is 16.0 Å². The molecule has 2 fully saturated rings. The molecule has 0 spiro atoms. The number of barbiturate groups is 1. The third kappa shape index (κ3) is 3.51. The molecule has 2 heterocycles. The highest BCUT2D eigenvalue weighted by Crippen LogP contribution is 2.27. The van der Waals surface area contributed by atoms with E-state index < -0.39 is 54.2 Å². The number of ether oxygens (including phenoxy) is 1. The number of hydrogen-bond acceptors (Lipinski definition) is 9. The Kier molecular flexibility index (Phi) is 6.06. The van der Waals surface area contributed by atoms with E-state index in [-0.39, 0.29) is 5.57 Å². The monoisotopic (exact) mass is 375 g/mol. The predicted molar refractivity (Wildman–Crippen MR) is 87.2 cm³/mol. The van der Waals surface area contributed by atoms with E-state index in [0.29, 0.717) is 0 Å². The number of amides is 4. The molecule has 2 rings (SSSR count). The van der Waals surface area contributed by atoms with Gasteiger partial charge in [-0.05, 0) is 6.26 Å². The molecule has 0 aromatic heterocycles. The van der Waals surface area contributed by atoms with Gasteiger partial charge in [-0.3, -0.25) is 19.4 Å². The second-order valence-corrected chi connectivity index (χ2v) is 6.64. The SMILES string of the molecule is CS[C@@H]1O[C@H](CO)[C@@H](O)[C@H](O)[C@@H]1NC=C1C(=O)N(C)C(=O)N(C)C1=O. The summed E-state index contributed by atoms with van der Waals surface area (Å²) in [6.07, 6.45) is -0.759. The molecular weight excluding hydrogens is 354 g/mol. The van der Waals surface area contributed by atoms with Crippen LogP contribution in [0, 0.1) is 0 Å². The van der Waals surface area contributed by atoms with Gasteiger partial charge in [0.2, 0.25) is 0 Å². The van der Waals surface area contributed by atoms with Crippen molar-refractivity contribution in [2.75, 3.05) is 27.0 Å². The van der Waals surface area contributed by atoms with Gasteiger partial charge in [0, 0.05) is 20.3 Å². The maximum Gasteiger partial charge on any atom is 0.333 e. The van der Waals surface area contributed by atoms with Crippen molar-refractivity contribution in [3.05, 3.63) is 11.8 Å². The first-order valence-corrected chi connectivity index (χ1v) is 8.74. The average molecular weight is 375 g/mol. The Balaban J connectivity index is 2.22. The van der Waals surface area contributed by atoms with E-state index in [4.69, 9.17) is 4.74 Å². The number of nitrogens with zero attached hydrogens (tertiary/aromatic N) is 2. The zero-order valence-corrected chi connectivity index (χ0v) is 14.8. The minimum absolute atomic E-state index is 0.282. The summed E-state index contributed by atoms with van der Waals surface area (Å²) in [4.78, 5) is 37.6. The Morgan fingerprint density at radius 2 is 1.72 bits per heavy atom. The first-order valence-electron chi connectivity index (χ1n) is 7.46. The molecule has 0 aliphatic carbocycles. The number of aliphatic hydroxyl groups is 3. The molecular formula is C14H21N3O7S. The lowest BCUT2D eigenvalue weighted by Crippen LogP contribution is -2.61. The van der Waals surface area contributed by atoms with Gasteiger partial charge in [0.15, 0.2) is 0 Å². The summed E-state index contributed by atoms with van der Waals surface area (Å²) in [5, 5.41) is 32.2. The zero-order chi connectivity index (χ0) is 18.9. The number of aliphatic hydroxyl groups excluding tert-OH is 3. The van der Waals surface area contributed by atoms with Crippen molar-refractivity contribution < 1.29 is 34.4 Å². The highest BCUT2D eigenvalue weighted by Gasteiger charge is 2.44. The van der Waals surface area contributed by atoms with Crippen LogP contribution in [0.25, 0.3) is 0 Å². The summed E-state index contributed by atoms with van der Waals surface area (Å²) in [6.45, 7) is -0.461. The maximum absolute atomic E-state index is 12.1. The quantitative estimate of drug-likeness (QED) is 0.315. The van der Waals surface area contributed by atoms with Gasteiger partial charge in [0.05, 0.1) is 12.6 Å². The van der Waals surface area contributed by atoms with Crippen LogP contribution in [0.1, 0.15) is 0 Å². The van der Waals surface area contributed by atoms with Crippen LogP contribution >= 0.6 is 11.8 Å². The van der Waals surface area contributed by atoms with Crippen LogP contribution in [-0.4, -0.2) is 99.7 Å². The molecule has 140 valence electrons. The van der Waals surface area contributed by atoms with Crippen molar-refractivity contribution in [3.63, 3.8) is 0 Å². The number of imide groups is 2. The number of likely N-dealkylation sites (N-methyl/N-ethyl adjacent to an activating group) is 2. The molecule has 2 saturated heterocycles. The minimum atomic E-state index is -1.34. The van der Waals surface area contributed by atoms with Crippen LogP contribution in [-0.2, 0) is 14.3 Å². The van der Waals surface area contributed by atoms with E-state index in [9.17, 15) is 29.7 Å². The van der Waals surface area contributed by atoms with Crippen molar-refractivity contribution >= 4 is 29.6 Å². The summed E-state index contributed by atoms with van der Waals surface area (Å²) in [5.74, 6) is -1.55. The van der Waals surface area contributed by atoms with Gasteiger partial charge >= 0.3 is 6.03 Å². The molecule has 0 saturated carbocycles. The van der Waals surface area contributed by atoms with Crippen LogP contribution in [0.4, 0.5) is 4.79 Å². The second kappa shape index (κ2) is 7.70. The van der Waals surface area contributed by atoms with Crippen molar-refractivity contribution in [2.45, 2.75) is 29.8 Å². The fourth-order valence-corrected chi connectivity index (χ4v) is 3.40. The van der Waals surface area contributed by atoms with Crippen molar-refractivity contribution in [2.24, 2.45) is 0 Å². The molecule has 2 aliphatic rings. The summed E-state index contributed by atoms with van der Waals surface area (Å²) in [7, 11) is 2.50. The number of rotatable bonds is 4. The van der Waals surface area contributed by atoms with Gasteiger partial charge in [0.1, 0.15) is 29.3 Å². The fraction of sp³-hybridized carbons (Fsp3) is 0.643. The van der Waals surface area contributed by atoms with E-state index in [1.807, 2.05) is 0 Å². The van der Waals surface area contributed by atoms with E-state index >= 15 is 0 Å². The second-order valence-electron chi connectivity index (χ2n) is 5.70. The lowest BCUT2D eigenvalue weighted by atomic mass is 9.98. The van der Waals surface area contributed by atoms with Crippen LogP contribution in [0.3, 0.4) is 0 Å². The Bertz CT molecular complexity index is 571. The highest BCUT2D eigenvalue weighted by atomic mass is 32.2. The fourth-order valence-electron chi connectivity index (χ4n) is 2.62. The number of hydrogen-bond donors (Lipinski definition) is 4. The normalized spacial score (nSPS) is 33.8. The number of carbonyl (C=O) groups excluding carboxylic acids is 3. The topological polar surface area (TPSA) is 140 Å².